The molecule has 2 rings (SSSR count). The van der Waals surface area contributed by atoms with E-state index in [4.69, 9.17) is 11.6 Å². The molecule has 1 amide bonds. The number of carbonyl (C=O) groups is 1. The van der Waals surface area contributed by atoms with Crippen LogP contribution in [0.2, 0.25) is 5.02 Å². The highest BCUT2D eigenvalue weighted by Crippen LogP contribution is 2.22. The molecule has 0 atom stereocenters. The number of hydrogen-bond acceptors (Lipinski definition) is 2. The van der Waals surface area contributed by atoms with Crippen molar-refractivity contribution in [1.82, 2.24) is 9.78 Å². The van der Waals surface area contributed by atoms with Crippen molar-refractivity contribution in [3.8, 4) is 0 Å². The van der Waals surface area contributed by atoms with Gasteiger partial charge < -0.3 is 5.32 Å². The van der Waals surface area contributed by atoms with Gasteiger partial charge in [-0.25, -0.2) is 0 Å². The Morgan fingerprint density at radius 3 is 2.90 bits per heavy atom. The molecular formula is C14H15BrClN3O. The van der Waals surface area contributed by atoms with E-state index in [1.807, 2.05) is 37.4 Å². The Bertz CT molecular complexity index is 612. The summed E-state index contributed by atoms with van der Waals surface area (Å²) in [5.74, 6) is 0.506. The smallest absolute Gasteiger partial charge is 0.225 e. The van der Waals surface area contributed by atoms with Crippen LogP contribution in [-0.4, -0.2) is 15.7 Å². The molecule has 0 unspecified atom stereocenters. The largest absolute Gasteiger partial charge is 0.308 e. The summed E-state index contributed by atoms with van der Waals surface area (Å²) in [5.41, 5.74) is 0.982. The van der Waals surface area contributed by atoms with Crippen molar-refractivity contribution >= 4 is 39.3 Å². The topological polar surface area (TPSA) is 46.9 Å². The van der Waals surface area contributed by atoms with Crippen molar-refractivity contribution < 1.29 is 4.79 Å². The number of aromatic nitrogens is 2. The van der Waals surface area contributed by atoms with E-state index in [1.165, 1.54) is 0 Å². The van der Waals surface area contributed by atoms with Crippen LogP contribution in [0.25, 0.3) is 0 Å². The number of amides is 1. The zero-order valence-electron chi connectivity index (χ0n) is 11.1. The molecule has 1 heterocycles. The number of nitrogens with one attached hydrogen (secondary N) is 1. The number of anilines is 1. The van der Waals surface area contributed by atoms with Crippen LogP contribution < -0.4 is 5.32 Å². The Morgan fingerprint density at radius 1 is 1.45 bits per heavy atom. The Labute approximate surface area is 131 Å². The minimum Gasteiger partial charge on any atom is -0.308 e. The number of benzene rings is 1. The van der Waals surface area contributed by atoms with Crippen LogP contribution in [-0.2, 0) is 11.3 Å². The van der Waals surface area contributed by atoms with Crippen LogP contribution in [0.4, 0.5) is 5.82 Å². The van der Waals surface area contributed by atoms with Crippen molar-refractivity contribution in [2.24, 2.45) is 0 Å². The summed E-state index contributed by atoms with van der Waals surface area (Å²) < 4.78 is 2.50. The third kappa shape index (κ3) is 3.84. The highest BCUT2D eigenvalue weighted by atomic mass is 79.9. The van der Waals surface area contributed by atoms with E-state index in [9.17, 15) is 4.79 Å². The molecule has 0 bridgehead atoms. The summed E-state index contributed by atoms with van der Waals surface area (Å²) in [6, 6.07) is 7.62. The van der Waals surface area contributed by atoms with Gasteiger partial charge in [-0.05, 0) is 34.0 Å². The molecule has 0 radical (unpaired) electrons. The maximum Gasteiger partial charge on any atom is 0.225 e. The molecule has 1 aromatic carbocycles. The second-order valence-corrected chi connectivity index (χ2v) is 5.67. The summed E-state index contributed by atoms with van der Waals surface area (Å²) in [6.45, 7) is 2.52. The average Bonchev–Trinajstić information content (AvgIpc) is 2.73. The van der Waals surface area contributed by atoms with Crippen LogP contribution >= 0.6 is 27.5 Å². The van der Waals surface area contributed by atoms with Crippen LogP contribution in [0.3, 0.4) is 0 Å². The van der Waals surface area contributed by atoms with Gasteiger partial charge in [0.25, 0.3) is 0 Å². The first-order valence-corrected chi connectivity index (χ1v) is 7.53. The Kier molecular flexibility index (Phi) is 5.20. The Balaban J connectivity index is 2.11. The highest BCUT2D eigenvalue weighted by molar-refractivity contribution is 9.10. The van der Waals surface area contributed by atoms with Gasteiger partial charge in [0.1, 0.15) is 0 Å². The van der Waals surface area contributed by atoms with E-state index in [0.29, 0.717) is 23.8 Å². The molecule has 0 saturated heterocycles. The molecule has 2 aromatic rings. The molecule has 0 saturated carbocycles. The second kappa shape index (κ2) is 6.90. The molecule has 6 heteroatoms. The van der Waals surface area contributed by atoms with Crippen LogP contribution in [0.5, 0.6) is 0 Å². The van der Waals surface area contributed by atoms with Gasteiger partial charge >= 0.3 is 0 Å². The third-order valence-corrected chi connectivity index (χ3v) is 3.69. The van der Waals surface area contributed by atoms with Gasteiger partial charge in [0.05, 0.1) is 11.0 Å². The van der Waals surface area contributed by atoms with Gasteiger partial charge in [0, 0.05) is 17.6 Å². The van der Waals surface area contributed by atoms with E-state index in [2.05, 4.69) is 26.3 Å². The van der Waals surface area contributed by atoms with Crippen molar-refractivity contribution in [2.45, 2.75) is 26.3 Å². The first-order valence-electron chi connectivity index (χ1n) is 6.36. The molecular weight excluding hydrogens is 342 g/mol. The Hall–Kier alpha value is -1.33. The highest BCUT2D eigenvalue weighted by Gasteiger charge is 2.10. The van der Waals surface area contributed by atoms with Gasteiger partial charge in [0.15, 0.2) is 5.82 Å². The summed E-state index contributed by atoms with van der Waals surface area (Å²) >= 11 is 9.52. The first-order chi connectivity index (χ1) is 9.60. The van der Waals surface area contributed by atoms with Crippen LogP contribution in [0.1, 0.15) is 25.3 Å². The number of hydrogen-bond donors (Lipinski definition) is 1. The minimum absolute atomic E-state index is 0.0313. The molecule has 0 fully saturated rings. The number of halogens is 2. The van der Waals surface area contributed by atoms with Gasteiger partial charge in [-0.15, -0.1) is 0 Å². The predicted octanol–water partition coefficient (Wildman–Crippen LogP) is 4.09. The minimum atomic E-state index is -0.0313. The van der Waals surface area contributed by atoms with Crippen LogP contribution in [0.15, 0.2) is 34.9 Å². The predicted molar refractivity (Wildman–Crippen MR) is 84.0 cm³/mol. The van der Waals surface area contributed by atoms with Gasteiger partial charge in [-0.2, -0.15) is 5.10 Å². The van der Waals surface area contributed by atoms with Crippen LogP contribution in [0, 0.1) is 0 Å². The normalized spacial score (nSPS) is 10.6. The molecule has 1 N–H and O–H groups in total. The molecule has 0 spiro atoms. The lowest BCUT2D eigenvalue weighted by Crippen LogP contribution is -2.12. The summed E-state index contributed by atoms with van der Waals surface area (Å²) in [4.78, 5) is 11.6. The van der Waals surface area contributed by atoms with Gasteiger partial charge in [-0.3, -0.25) is 9.48 Å². The molecule has 0 aliphatic heterocycles. The standard InChI is InChI=1S/C14H15BrClN3O/c1-2-5-13(20)17-14-11(15)9-19(18-14)8-10-6-3-4-7-12(10)16/h3-4,6-7,9H,2,5,8H2,1H3,(H,17,18,20). The summed E-state index contributed by atoms with van der Waals surface area (Å²) in [7, 11) is 0. The number of rotatable bonds is 5. The molecule has 0 aliphatic carbocycles. The zero-order valence-corrected chi connectivity index (χ0v) is 13.4. The lowest BCUT2D eigenvalue weighted by Gasteiger charge is -2.04. The number of carbonyl (C=O) groups excluding carboxylic acids is 1. The first kappa shape index (κ1) is 15.1. The van der Waals surface area contributed by atoms with E-state index in [1.54, 1.807) is 4.68 Å². The van der Waals surface area contributed by atoms with Crippen molar-refractivity contribution in [3.63, 3.8) is 0 Å². The van der Waals surface area contributed by atoms with E-state index < -0.39 is 0 Å². The summed E-state index contributed by atoms with van der Waals surface area (Å²) in [6.07, 6.45) is 3.12. The van der Waals surface area contributed by atoms with Crippen molar-refractivity contribution in [2.75, 3.05) is 5.32 Å². The van der Waals surface area contributed by atoms with E-state index in [-0.39, 0.29) is 5.91 Å². The fourth-order valence-corrected chi connectivity index (χ4v) is 2.40. The molecule has 1 aromatic heterocycles. The maximum absolute atomic E-state index is 11.6. The van der Waals surface area contributed by atoms with E-state index >= 15 is 0 Å². The third-order valence-electron chi connectivity index (χ3n) is 2.74. The summed E-state index contributed by atoms with van der Waals surface area (Å²) in [5, 5.41) is 7.83. The van der Waals surface area contributed by atoms with Gasteiger partial charge in [0.2, 0.25) is 5.91 Å². The van der Waals surface area contributed by atoms with Gasteiger partial charge in [-0.1, -0.05) is 36.7 Å². The zero-order chi connectivity index (χ0) is 14.5. The molecule has 0 aliphatic rings. The SMILES string of the molecule is CCCC(=O)Nc1nn(Cc2ccccc2Cl)cc1Br. The molecule has 4 nitrogen and oxygen atoms in total. The molecule has 106 valence electrons. The van der Waals surface area contributed by atoms with Crippen molar-refractivity contribution in [3.05, 3.63) is 45.5 Å². The monoisotopic (exact) mass is 355 g/mol. The molecule has 20 heavy (non-hydrogen) atoms. The van der Waals surface area contributed by atoms with Crippen molar-refractivity contribution in [1.29, 1.82) is 0 Å². The number of nitrogens with zero attached hydrogens (tertiary/aromatic N) is 2. The fraction of sp³-hybridized carbons (Fsp3) is 0.286. The van der Waals surface area contributed by atoms with E-state index in [0.717, 1.165) is 16.5 Å². The lowest BCUT2D eigenvalue weighted by molar-refractivity contribution is -0.116. The maximum atomic E-state index is 11.6. The quantitative estimate of drug-likeness (QED) is 0.877. The average molecular weight is 357 g/mol. The lowest BCUT2D eigenvalue weighted by atomic mass is 10.2. The Morgan fingerprint density at radius 2 is 2.20 bits per heavy atom. The second-order valence-electron chi connectivity index (χ2n) is 4.41. The fourth-order valence-electron chi connectivity index (χ4n) is 1.79.